The van der Waals surface area contributed by atoms with E-state index in [4.69, 9.17) is 34.8 Å². The SMILES string of the molecule is C[NH+](CC(=O)Nc1c(Cl)cc(Cl)cc1Cl)Cc1ccccc1. The molecule has 2 aromatic carbocycles. The van der Waals surface area contributed by atoms with Crippen LogP contribution in [0.15, 0.2) is 42.5 Å². The van der Waals surface area contributed by atoms with Crippen LogP contribution in [0.25, 0.3) is 0 Å². The van der Waals surface area contributed by atoms with Crippen molar-refractivity contribution in [1.82, 2.24) is 0 Å². The molecule has 2 aromatic rings. The zero-order valence-corrected chi connectivity index (χ0v) is 14.3. The van der Waals surface area contributed by atoms with Gasteiger partial charge >= 0.3 is 0 Å². The molecule has 0 fully saturated rings. The predicted molar refractivity (Wildman–Crippen MR) is 92.0 cm³/mol. The van der Waals surface area contributed by atoms with Gasteiger partial charge in [-0.05, 0) is 12.1 Å². The molecule has 0 aliphatic carbocycles. The molecule has 0 spiro atoms. The summed E-state index contributed by atoms with van der Waals surface area (Å²) in [5.41, 5.74) is 1.57. The van der Waals surface area contributed by atoms with Crippen LogP contribution >= 0.6 is 34.8 Å². The number of halogens is 3. The second-order valence-corrected chi connectivity index (χ2v) is 6.34. The summed E-state index contributed by atoms with van der Waals surface area (Å²) >= 11 is 18.0. The van der Waals surface area contributed by atoms with Crippen LogP contribution in [-0.2, 0) is 11.3 Å². The number of rotatable bonds is 5. The van der Waals surface area contributed by atoms with Gasteiger partial charge in [-0.3, -0.25) is 4.79 Å². The van der Waals surface area contributed by atoms with Crippen molar-refractivity contribution < 1.29 is 9.69 Å². The van der Waals surface area contributed by atoms with E-state index < -0.39 is 0 Å². The Kier molecular flexibility index (Phi) is 6.09. The van der Waals surface area contributed by atoms with Crippen LogP contribution < -0.4 is 10.2 Å². The maximum Gasteiger partial charge on any atom is 0.279 e. The fraction of sp³-hybridized carbons (Fsp3) is 0.188. The standard InChI is InChI=1S/C16H15Cl3N2O/c1-21(9-11-5-3-2-4-6-11)10-15(22)20-16-13(18)7-12(17)8-14(16)19/h2-8H,9-10H2,1H3,(H,20,22)/p+1. The first-order valence-corrected chi connectivity index (χ1v) is 7.88. The maximum atomic E-state index is 12.1. The highest BCUT2D eigenvalue weighted by Crippen LogP contribution is 2.33. The number of quaternary nitrogens is 1. The first kappa shape index (κ1) is 17.1. The highest BCUT2D eigenvalue weighted by molar-refractivity contribution is 6.42. The molecule has 1 atom stereocenters. The fourth-order valence-electron chi connectivity index (χ4n) is 2.13. The second kappa shape index (κ2) is 7.84. The average molecular weight is 359 g/mol. The number of benzene rings is 2. The van der Waals surface area contributed by atoms with Crippen molar-refractivity contribution in [1.29, 1.82) is 0 Å². The Hall–Kier alpha value is -1.26. The summed E-state index contributed by atoms with van der Waals surface area (Å²) in [5, 5.41) is 3.82. The molecule has 0 aromatic heterocycles. The van der Waals surface area contributed by atoms with Gasteiger partial charge in [-0.25, -0.2) is 0 Å². The molecule has 2 N–H and O–H groups in total. The fourth-order valence-corrected chi connectivity index (χ4v) is 3.04. The van der Waals surface area contributed by atoms with Crippen molar-refractivity contribution in [3.8, 4) is 0 Å². The van der Waals surface area contributed by atoms with E-state index in [1.807, 2.05) is 37.4 Å². The van der Waals surface area contributed by atoms with Crippen LogP contribution in [0.5, 0.6) is 0 Å². The Morgan fingerprint density at radius 1 is 1.09 bits per heavy atom. The normalized spacial score (nSPS) is 12.0. The van der Waals surface area contributed by atoms with E-state index >= 15 is 0 Å². The van der Waals surface area contributed by atoms with Crippen molar-refractivity contribution in [2.75, 3.05) is 18.9 Å². The minimum absolute atomic E-state index is 0.153. The molecular weight excluding hydrogens is 343 g/mol. The molecule has 0 aliphatic rings. The van der Waals surface area contributed by atoms with E-state index in [-0.39, 0.29) is 5.91 Å². The summed E-state index contributed by atoms with van der Waals surface area (Å²) < 4.78 is 0. The van der Waals surface area contributed by atoms with E-state index in [2.05, 4.69) is 5.32 Å². The number of anilines is 1. The van der Waals surface area contributed by atoms with Crippen molar-refractivity contribution in [3.63, 3.8) is 0 Å². The molecule has 0 aliphatic heterocycles. The number of nitrogens with one attached hydrogen (secondary N) is 2. The number of likely N-dealkylation sites (N-methyl/N-ethyl adjacent to an activating group) is 1. The van der Waals surface area contributed by atoms with Crippen LogP contribution in [-0.4, -0.2) is 19.5 Å². The average Bonchev–Trinajstić information content (AvgIpc) is 2.43. The van der Waals surface area contributed by atoms with Gasteiger partial charge in [0, 0.05) is 10.6 Å². The largest absolute Gasteiger partial charge is 0.326 e. The topological polar surface area (TPSA) is 33.5 Å². The number of amides is 1. The monoisotopic (exact) mass is 357 g/mol. The number of carbonyl (C=O) groups excluding carboxylic acids is 1. The molecule has 3 nitrogen and oxygen atoms in total. The second-order valence-electron chi connectivity index (χ2n) is 5.09. The Bertz CT molecular complexity index is 639. The third kappa shape index (κ3) is 4.89. The van der Waals surface area contributed by atoms with Gasteiger partial charge in [0.05, 0.1) is 22.8 Å². The molecule has 6 heteroatoms. The Morgan fingerprint density at radius 2 is 1.68 bits per heavy atom. The molecule has 2 rings (SSSR count). The molecule has 1 amide bonds. The van der Waals surface area contributed by atoms with Gasteiger partial charge in [0.2, 0.25) is 0 Å². The lowest BCUT2D eigenvalue weighted by Crippen LogP contribution is -3.08. The minimum atomic E-state index is -0.153. The Labute approximate surface area is 144 Å². The van der Waals surface area contributed by atoms with E-state index in [1.54, 1.807) is 12.1 Å². The van der Waals surface area contributed by atoms with Crippen molar-refractivity contribution in [2.45, 2.75) is 6.54 Å². The van der Waals surface area contributed by atoms with E-state index in [9.17, 15) is 4.79 Å². The lowest BCUT2D eigenvalue weighted by atomic mass is 10.2. The molecular formula is C16H16Cl3N2O+. The van der Waals surface area contributed by atoms with Crippen LogP contribution in [0.2, 0.25) is 15.1 Å². The Morgan fingerprint density at radius 3 is 2.27 bits per heavy atom. The third-order valence-electron chi connectivity index (χ3n) is 3.08. The van der Waals surface area contributed by atoms with Crippen LogP contribution in [0.4, 0.5) is 5.69 Å². The highest BCUT2D eigenvalue weighted by Gasteiger charge is 2.15. The first-order valence-electron chi connectivity index (χ1n) is 6.75. The third-order valence-corrected chi connectivity index (χ3v) is 3.90. The number of carbonyl (C=O) groups is 1. The minimum Gasteiger partial charge on any atom is -0.326 e. The summed E-state index contributed by atoms with van der Waals surface area (Å²) in [6, 6.07) is 13.1. The molecule has 0 bridgehead atoms. The smallest absolute Gasteiger partial charge is 0.279 e. The van der Waals surface area contributed by atoms with Gasteiger partial charge < -0.3 is 10.2 Å². The zero-order chi connectivity index (χ0) is 16.1. The van der Waals surface area contributed by atoms with Gasteiger partial charge in [0.25, 0.3) is 5.91 Å². The van der Waals surface area contributed by atoms with Crippen LogP contribution in [0, 0.1) is 0 Å². The van der Waals surface area contributed by atoms with Crippen molar-refractivity contribution >= 4 is 46.4 Å². The zero-order valence-electron chi connectivity index (χ0n) is 12.0. The number of hydrogen-bond donors (Lipinski definition) is 2. The molecule has 1 unspecified atom stereocenters. The van der Waals surface area contributed by atoms with E-state index in [0.717, 1.165) is 11.4 Å². The maximum absolute atomic E-state index is 12.1. The van der Waals surface area contributed by atoms with Crippen LogP contribution in [0.3, 0.4) is 0 Å². The van der Waals surface area contributed by atoms with Gasteiger partial charge in [0.1, 0.15) is 6.54 Å². The quantitative estimate of drug-likeness (QED) is 0.845. The lowest BCUT2D eigenvalue weighted by molar-refractivity contribution is -0.885. The van der Waals surface area contributed by atoms with Gasteiger partial charge in [-0.1, -0.05) is 65.1 Å². The van der Waals surface area contributed by atoms with Gasteiger partial charge in [0.15, 0.2) is 6.54 Å². The van der Waals surface area contributed by atoms with Crippen molar-refractivity contribution in [3.05, 3.63) is 63.1 Å². The summed E-state index contributed by atoms with van der Waals surface area (Å²) in [7, 11) is 1.96. The molecule has 0 heterocycles. The predicted octanol–water partition coefficient (Wildman–Crippen LogP) is 3.30. The van der Waals surface area contributed by atoms with E-state index in [1.165, 1.54) is 5.56 Å². The molecule has 22 heavy (non-hydrogen) atoms. The molecule has 0 saturated heterocycles. The molecule has 0 radical (unpaired) electrons. The molecule has 116 valence electrons. The summed E-state index contributed by atoms with van der Waals surface area (Å²) in [4.78, 5) is 13.2. The summed E-state index contributed by atoms with van der Waals surface area (Å²) in [5.74, 6) is -0.153. The van der Waals surface area contributed by atoms with Gasteiger partial charge in [-0.15, -0.1) is 0 Å². The summed E-state index contributed by atoms with van der Waals surface area (Å²) in [6.45, 7) is 1.07. The first-order chi connectivity index (χ1) is 10.5. The van der Waals surface area contributed by atoms with Gasteiger partial charge in [-0.2, -0.15) is 0 Å². The summed E-state index contributed by atoms with van der Waals surface area (Å²) in [6.07, 6.45) is 0. The Balaban J connectivity index is 1.96. The molecule has 0 saturated carbocycles. The number of hydrogen-bond acceptors (Lipinski definition) is 1. The lowest BCUT2D eigenvalue weighted by Gasteiger charge is -2.15. The van der Waals surface area contributed by atoms with Crippen molar-refractivity contribution in [2.24, 2.45) is 0 Å². The highest BCUT2D eigenvalue weighted by atomic mass is 35.5. The van der Waals surface area contributed by atoms with E-state index in [0.29, 0.717) is 27.3 Å². The van der Waals surface area contributed by atoms with Crippen LogP contribution in [0.1, 0.15) is 5.56 Å².